The molecule has 2 rings (SSSR count). The van der Waals surface area contributed by atoms with E-state index in [1.807, 2.05) is 36.6 Å². The van der Waals surface area contributed by atoms with E-state index in [-0.39, 0.29) is 6.61 Å². The number of nitrogens with two attached hydrogens (primary N) is 1. The molecule has 0 aromatic heterocycles. The van der Waals surface area contributed by atoms with Crippen LogP contribution in [0, 0.1) is 5.82 Å². The number of rotatable bonds is 5. The molecule has 110 valence electrons. The van der Waals surface area contributed by atoms with Gasteiger partial charge >= 0.3 is 0 Å². The van der Waals surface area contributed by atoms with Gasteiger partial charge in [0, 0.05) is 11.1 Å². The second-order valence-corrected chi connectivity index (χ2v) is 4.57. The van der Waals surface area contributed by atoms with Gasteiger partial charge in [-0.1, -0.05) is 19.1 Å². The average Bonchev–Trinajstić information content (AvgIpc) is 2.53. The third kappa shape index (κ3) is 3.79. The van der Waals surface area contributed by atoms with Gasteiger partial charge in [-0.2, -0.15) is 0 Å². The zero-order valence-electron chi connectivity index (χ0n) is 11.7. The highest BCUT2D eigenvalue weighted by molar-refractivity contribution is 5.93. The van der Waals surface area contributed by atoms with Crippen LogP contribution in [0.4, 0.5) is 4.39 Å². The number of aryl methyl sites for hydroxylation is 1. The number of hydrogen-bond acceptors (Lipinski definition) is 3. The normalized spacial score (nSPS) is 10.2. The lowest BCUT2D eigenvalue weighted by atomic mass is 10.1. The Kier molecular flexibility index (Phi) is 4.90. The van der Waals surface area contributed by atoms with E-state index in [0.717, 1.165) is 12.0 Å². The highest BCUT2D eigenvalue weighted by Gasteiger charge is 2.09. The maximum atomic E-state index is 13.7. The molecule has 0 bridgehead atoms. The molecule has 21 heavy (non-hydrogen) atoms. The summed E-state index contributed by atoms with van der Waals surface area (Å²) in [6.45, 7) is 2.10. The van der Waals surface area contributed by atoms with Gasteiger partial charge in [0.15, 0.2) is 0 Å². The van der Waals surface area contributed by atoms with Crippen molar-refractivity contribution >= 4 is 5.91 Å². The Morgan fingerprint density at radius 3 is 2.81 bits per heavy atom. The van der Waals surface area contributed by atoms with E-state index in [1.165, 1.54) is 18.2 Å². The predicted molar refractivity (Wildman–Crippen MR) is 78.2 cm³/mol. The molecule has 0 heterocycles. The zero-order chi connectivity index (χ0) is 15.2. The summed E-state index contributed by atoms with van der Waals surface area (Å²) >= 11 is 0. The Balaban J connectivity index is 2.13. The van der Waals surface area contributed by atoms with Crippen LogP contribution in [0.25, 0.3) is 0 Å². The fraction of sp³-hybridized carbons (Fsp3) is 0.188. The molecule has 0 aliphatic carbocycles. The molecule has 5 heteroatoms. The van der Waals surface area contributed by atoms with Gasteiger partial charge in [-0.3, -0.25) is 10.2 Å². The molecule has 0 fully saturated rings. The lowest BCUT2D eigenvalue weighted by Gasteiger charge is -2.09. The van der Waals surface area contributed by atoms with Gasteiger partial charge in [0.1, 0.15) is 18.2 Å². The molecule has 0 unspecified atom stereocenters. The number of hydrogen-bond donors (Lipinski definition) is 2. The SMILES string of the molecule is CCc1cccc(OCc2cc(C(=O)NN)ccc2F)c1. The zero-order valence-corrected chi connectivity index (χ0v) is 11.7. The summed E-state index contributed by atoms with van der Waals surface area (Å²) in [6, 6.07) is 11.6. The van der Waals surface area contributed by atoms with Crippen molar-refractivity contribution in [2.45, 2.75) is 20.0 Å². The number of halogens is 1. The van der Waals surface area contributed by atoms with E-state index in [4.69, 9.17) is 10.6 Å². The molecule has 0 atom stereocenters. The Hall–Kier alpha value is -2.40. The van der Waals surface area contributed by atoms with Gasteiger partial charge in [-0.15, -0.1) is 0 Å². The van der Waals surface area contributed by atoms with Crippen molar-refractivity contribution < 1.29 is 13.9 Å². The van der Waals surface area contributed by atoms with E-state index in [2.05, 4.69) is 0 Å². The maximum Gasteiger partial charge on any atom is 0.265 e. The van der Waals surface area contributed by atoms with E-state index in [1.54, 1.807) is 0 Å². The molecule has 0 aliphatic heterocycles. The van der Waals surface area contributed by atoms with Crippen LogP contribution in [0.5, 0.6) is 5.75 Å². The Labute approximate surface area is 122 Å². The van der Waals surface area contributed by atoms with Crippen molar-refractivity contribution in [2.75, 3.05) is 0 Å². The molecule has 0 spiro atoms. The number of nitrogens with one attached hydrogen (secondary N) is 1. The molecule has 0 radical (unpaired) electrons. The summed E-state index contributed by atoms with van der Waals surface area (Å²) in [7, 11) is 0. The predicted octanol–water partition coefficient (Wildman–Crippen LogP) is 2.57. The van der Waals surface area contributed by atoms with Crippen LogP contribution in [0.3, 0.4) is 0 Å². The molecule has 2 aromatic rings. The van der Waals surface area contributed by atoms with E-state index < -0.39 is 11.7 Å². The molecule has 1 amide bonds. The van der Waals surface area contributed by atoms with Crippen molar-refractivity contribution in [3.05, 3.63) is 65.0 Å². The van der Waals surface area contributed by atoms with Gasteiger partial charge in [0.2, 0.25) is 0 Å². The number of carbonyl (C=O) groups is 1. The molecule has 0 aliphatic rings. The van der Waals surface area contributed by atoms with Crippen LogP contribution in [-0.4, -0.2) is 5.91 Å². The molecule has 0 saturated carbocycles. The number of amides is 1. The Morgan fingerprint density at radius 2 is 2.10 bits per heavy atom. The summed E-state index contributed by atoms with van der Waals surface area (Å²) in [6.07, 6.45) is 0.901. The van der Waals surface area contributed by atoms with Crippen molar-refractivity contribution in [1.29, 1.82) is 0 Å². The third-order valence-corrected chi connectivity index (χ3v) is 3.14. The fourth-order valence-corrected chi connectivity index (χ4v) is 1.93. The maximum absolute atomic E-state index is 13.7. The van der Waals surface area contributed by atoms with E-state index >= 15 is 0 Å². The molecule has 4 nitrogen and oxygen atoms in total. The summed E-state index contributed by atoms with van der Waals surface area (Å²) in [5.41, 5.74) is 3.75. The monoisotopic (exact) mass is 288 g/mol. The van der Waals surface area contributed by atoms with Crippen LogP contribution in [0.15, 0.2) is 42.5 Å². The van der Waals surface area contributed by atoms with Crippen LogP contribution >= 0.6 is 0 Å². The summed E-state index contributed by atoms with van der Waals surface area (Å²) < 4.78 is 19.3. The third-order valence-electron chi connectivity index (χ3n) is 3.14. The Morgan fingerprint density at radius 1 is 1.29 bits per heavy atom. The van der Waals surface area contributed by atoms with Crippen LogP contribution < -0.4 is 16.0 Å². The highest BCUT2D eigenvalue weighted by atomic mass is 19.1. The smallest absolute Gasteiger partial charge is 0.265 e. The second kappa shape index (κ2) is 6.85. The minimum atomic E-state index is -0.468. The quantitative estimate of drug-likeness (QED) is 0.505. The molecular formula is C16H17FN2O2. The lowest BCUT2D eigenvalue weighted by Crippen LogP contribution is -2.30. The fourth-order valence-electron chi connectivity index (χ4n) is 1.93. The number of carbonyl (C=O) groups excluding carboxylic acids is 1. The first-order valence-corrected chi connectivity index (χ1v) is 6.65. The summed E-state index contributed by atoms with van der Waals surface area (Å²) in [5.74, 6) is 4.84. The molecule has 2 aromatic carbocycles. The largest absolute Gasteiger partial charge is 0.489 e. The minimum Gasteiger partial charge on any atom is -0.489 e. The summed E-state index contributed by atoms with van der Waals surface area (Å²) in [5, 5.41) is 0. The van der Waals surface area contributed by atoms with Crippen molar-refractivity contribution in [3.63, 3.8) is 0 Å². The first kappa shape index (κ1) is 15.0. The van der Waals surface area contributed by atoms with Gasteiger partial charge in [0.25, 0.3) is 5.91 Å². The van der Waals surface area contributed by atoms with Crippen LogP contribution in [0.1, 0.15) is 28.4 Å². The van der Waals surface area contributed by atoms with Crippen LogP contribution in [0.2, 0.25) is 0 Å². The number of hydrazine groups is 1. The number of benzene rings is 2. The van der Waals surface area contributed by atoms with Crippen molar-refractivity contribution in [1.82, 2.24) is 5.43 Å². The molecular weight excluding hydrogens is 271 g/mol. The topological polar surface area (TPSA) is 64.3 Å². The first-order valence-electron chi connectivity index (χ1n) is 6.65. The van der Waals surface area contributed by atoms with Gasteiger partial charge < -0.3 is 4.74 Å². The average molecular weight is 288 g/mol. The lowest BCUT2D eigenvalue weighted by molar-refractivity contribution is 0.0953. The first-order chi connectivity index (χ1) is 10.1. The van der Waals surface area contributed by atoms with Crippen LogP contribution in [-0.2, 0) is 13.0 Å². The van der Waals surface area contributed by atoms with Crippen molar-refractivity contribution in [3.8, 4) is 5.75 Å². The molecule has 3 N–H and O–H groups in total. The summed E-state index contributed by atoms with van der Waals surface area (Å²) in [4.78, 5) is 11.4. The standard InChI is InChI=1S/C16H17FN2O2/c1-2-11-4-3-5-14(8-11)21-10-13-9-12(16(20)19-18)6-7-15(13)17/h3-9H,2,10,18H2,1H3,(H,19,20). The van der Waals surface area contributed by atoms with Gasteiger partial charge in [-0.05, 0) is 42.3 Å². The second-order valence-electron chi connectivity index (χ2n) is 4.57. The Bertz CT molecular complexity index is 644. The number of nitrogen functional groups attached to an aromatic ring is 1. The van der Waals surface area contributed by atoms with Gasteiger partial charge in [-0.25, -0.2) is 10.2 Å². The molecule has 0 saturated heterocycles. The van der Waals surface area contributed by atoms with E-state index in [0.29, 0.717) is 16.9 Å². The van der Waals surface area contributed by atoms with Gasteiger partial charge in [0.05, 0.1) is 0 Å². The van der Waals surface area contributed by atoms with Crippen molar-refractivity contribution in [2.24, 2.45) is 5.84 Å². The minimum absolute atomic E-state index is 0.0463. The number of ether oxygens (including phenoxy) is 1. The van der Waals surface area contributed by atoms with E-state index in [9.17, 15) is 9.18 Å². The highest BCUT2D eigenvalue weighted by Crippen LogP contribution is 2.17.